The summed E-state index contributed by atoms with van der Waals surface area (Å²) in [6, 6.07) is 6.49. The summed E-state index contributed by atoms with van der Waals surface area (Å²) in [6.07, 6.45) is 0. The van der Waals surface area contributed by atoms with Crippen LogP contribution in [0.15, 0.2) is 24.3 Å². The zero-order valence-corrected chi connectivity index (χ0v) is 10.6. The van der Waals surface area contributed by atoms with Gasteiger partial charge in [0.15, 0.2) is 0 Å². The van der Waals surface area contributed by atoms with Crippen LogP contribution in [-0.2, 0) is 0 Å². The average Bonchev–Trinajstić information content (AvgIpc) is 2.82. The first-order valence-corrected chi connectivity index (χ1v) is 5.82. The van der Waals surface area contributed by atoms with Crippen LogP contribution in [0.2, 0.25) is 5.02 Å². The van der Waals surface area contributed by atoms with Crippen LogP contribution in [0.25, 0.3) is 5.78 Å². The van der Waals surface area contributed by atoms with Gasteiger partial charge in [-0.2, -0.15) is 4.52 Å². The number of aryl methyl sites for hydroxylation is 1. The van der Waals surface area contributed by atoms with E-state index in [9.17, 15) is 5.11 Å². The molecule has 0 saturated carbocycles. The fourth-order valence-corrected chi connectivity index (χ4v) is 1.86. The lowest BCUT2D eigenvalue weighted by atomic mass is 10.3. The highest BCUT2D eigenvalue weighted by atomic mass is 35.5. The first-order valence-electron chi connectivity index (χ1n) is 5.45. The molecule has 0 radical (unpaired) electrons. The molecule has 0 amide bonds. The molecule has 0 aliphatic rings. The molecule has 2 heterocycles. The third-order valence-electron chi connectivity index (χ3n) is 2.52. The van der Waals surface area contributed by atoms with Gasteiger partial charge in [-0.25, -0.2) is 4.98 Å². The molecule has 2 aromatic heterocycles. The maximum absolute atomic E-state index is 9.79. The SMILES string of the molecule is Cc1cc(Nc2cc(Cl)ccc2O)n2nnnc2n1. The van der Waals surface area contributed by atoms with Gasteiger partial charge in [-0.05, 0) is 35.5 Å². The monoisotopic (exact) mass is 276 g/mol. The van der Waals surface area contributed by atoms with E-state index in [-0.39, 0.29) is 5.75 Å². The van der Waals surface area contributed by atoms with E-state index in [1.54, 1.807) is 18.2 Å². The van der Waals surface area contributed by atoms with Gasteiger partial charge in [0.1, 0.15) is 11.6 Å². The van der Waals surface area contributed by atoms with E-state index < -0.39 is 0 Å². The molecule has 7 nitrogen and oxygen atoms in total. The summed E-state index contributed by atoms with van der Waals surface area (Å²) >= 11 is 5.90. The normalized spacial score (nSPS) is 10.8. The zero-order valence-electron chi connectivity index (χ0n) is 9.87. The molecule has 0 atom stereocenters. The van der Waals surface area contributed by atoms with E-state index >= 15 is 0 Å². The molecule has 0 bridgehead atoms. The molecule has 0 fully saturated rings. The van der Waals surface area contributed by atoms with Crippen LogP contribution in [0.4, 0.5) is 11.5 Å². The number of aromatic nitrogens is 5. The molecule has 0 aliphatic heterocycles. The Morgan fingerprint density at radius 3 is 3.00 bits per heavy atom. The van der Waals surface area contributed by atoms with E-state index in [0.717, 1.165) is 5.69 Å². The van der Waals surface area contributed by atoms with Crippen LogP contribution in [0.1, 0.15) is 5.69 Å². The van der Waals surface area contributed by atoms with E-state index in [0.29, 0.717) is 22.3 Å². The number of rotatable bonds is 2. The lowest BCUT2D eigenvalue weighted by Crippen LogP contribution is -2.02. The van der Waals surface area contributed by atoms with Gasteiger partial charge in [-0.15, -0.1) is 0 Å². The highest BCUT2D eigenvalue weighted by Crippen LogP contribution is 2.29. The summed E-state index contributed by atoms with van der Waals surface area (Å²) < 4.78 is 1.44. The summed E-state index contributed by atoms with van der Waals surface area (Å²) in [4.78, 5) is 4.18. The van der Waals surface area contributed by atoms with Crippen molar-refractivity contribution in [1.29, 1.82) is 0 Å². The minimum Gasteiger partial charge on any atom is -0.506 e. The molecule has 2 N–H and O–H groups in total. The molecule has 19 heavy (non-hydrogen) atoms. The Morgan fingerprint density at radius 2 is 2.16 bits per heavy atom. The van der Waals surface area contributed by atoms with E-state index in [1.165, 1.54) is 10.6 Å². The predicted octanol–water partition coefficient (Wildman–Crippen LogP) is 1.93. The van der Waals surface area contributed by atoms with Gasteiger partial charge >= 0.3 is 0 Å². The van der Waals surface area contributed by atoms with Crippen molar-refractivity contribution >= 4 is 28.9 Å². The van der Waals surface area contributed by atoms with E-state index in [2.05, 4.69) is 25.8 Å². The predicted molar refractivity (Wildman–Crippen MR) is 69.7 cm³/mol. The molecule has 0 unspecified atom stereocenters. The molecular formula is C11H9ClN6O. The smallest absolute Gasteiger partial charge is 0.275 e. The second-order valence-electron chi connectivity index (χ2n) is 3.96. The Morgan fingerprint density at radius 1 is 1.32 bits per heavy atom. The standard InChI is InChI=1S/C11H9ClN6O/c1-6-4-10(18-11(13-6)15-16-17-18)14-8-5-7(12)2-3-9(8)19/h2-5,14,19H,1H3. The van der Waals surface area contributed by atoms with Gasteiger partial charge in [0.2, 0.25) is 0 Å². The topological polar surface area (TPSA) is 88.2 Å². The molecule has 3 rings (SSSR count). The number of benzene rings is 1. The van der Waals surface area contributed by atoms with Gasteiger partial charge in [-0.1, -0.05) is 16.7 Å². The number of tetrazole rings is 1. The summed E-state index contributed by atoms with van der Waals surface area (Å²) in [5.41, 5.74) is 1.22. The lowest BCUT2D eigenvalue weighted by molar-refractivity contribution is 0.477. The van der Waals surface area contributed by atoms with Gasteiger partial charge in [0, 0.05) is 16.8 Å². The number of phenols is 1. The Labute approximate surface area is 112 Å². The summed E-state index contributed by atoms with van der Waals surface area (Å²) in [5, 5.41) is 24.5. The highest BCUT2D eigenvalue weighted by molar-refractivity contribution is 6.30. The molecule has 0 aliphatic carbocycles. The lowest BCUT2D eigenvalue weighted by Gasteiger charge is -2.09. The van der Waals surface area contributed by atoms with E-state index in [1.807, 2.05) is 6.92 Å². The molecule has 0 saturated heterocycles. The minimum atomic E-state index is 0.0834. The average molecular weight is 277 g/mol. The number of aromatic hydroxyl groups is 1. The van der Waals surface area contributed by atoms with Crippen molar-refractivity contribution in [3.05, 3.63) is 35.0 Å². The van der Waals surface area contributed by atoms with Crippen molar-refractivity contribution in [2.45, 2.75) is 6.92 Å². The fourth-order valence-electron chi connectivity index (χ4n) is 1.69. The van der Waals surface area contributed by atoms with Crippen molar-refractivity contribution in [3.63, 3.8) is 0 Å². The molecule has 3 aromatic rings. The number of phenolic OH excluding ortho intramolecular Hbond substituents is 1. The number of halogens is 1. The number of hydrogen-bond acceptors (Lipinski definition) is 6. The molecule has 1 aromatic carbocycles. The Balaban J connectivity index is 2.10. The third-order valence-corrected chi connectivity index (χ3v) is 2.76. The molecule has 8 heteroatoms. The van der Waals surface area contributed by atoms with Crippen LogP contribution in [-0.4, -0.2) is 30.1 Å². The van der Waals surface area contributed by atoms with Gasteiger partial charge in [0.05, 0.1) is 5.69 Å². The van der Waals surface area contributed by atoms with Crippen LogP contribution in [0.3, 0.4) is 0 Å². The van der Waals surface area contributed by atoms with Crippen LogP contribution < -0.4 is 5.32 Å². The maximum atomic E-state index is 9.79. The van der Waals surface area contributed by atoms with Crippen molar-refractivity contribution < 1.29 is 5.11 Å². The molecule has 0 spiro atoms. The Kier molecular flexibility index (Phi) is 2.68. The second-order valence-corrected chi connectivity index (χ2v) is 4.40. The van der Waals surface area contributed by atoms with Crippen molar-refractivity contribution in [3.8, 4) is 5.75 Å². The van der Waals surface area contributed by atoms with Crippen LogP contribution in [0, 0.1) is 6.92 Å². The second kappa shape index (κ2) is 4.36. The Bertz CT molecular complexity index is 756. The van der Waals surface area contributed by atoms with Crippen molar-refractivity contribution in [1.82, 2.24) is 25.0 Å². The highest BCUT2D eigenvalue weighted by Gasteiger charge is 2.09. The first kappa shape index (κ1) is 11.7. The Hall–Kier alpha value is -2.41. The third kappa shape index (κ3) is 2.15. The largest absolute Gasteiger partial charge is 0.506 e. The fraction of sp³-hybridized carbons (Fsp3) is 0.0909. The van der Waals surface area contributed by atoms with Crippen molar-refractivity contribution in [2.75, 3.05) is 5.32 Å². The van der Waals surface area contributed by atoms with Crippen LogP contribution in [0.5, 0.6) is 5.75 Å². The summed E-state index contributed by atoms with van der Waals surface area (Å²) in [5.74, 6) is 1.05. The number of hydrogen-bond donors (Lipinski definition) is 2. The molecular weight excluding hydrogens is 268 g/mol. The van der Waals surface area contributed by atoms with Gasteiger partial charge < -0.3 is 10.4 Å². The number of nitrogens with zero attached hydrogens (tertiary/aromatic N) is 5. The van der Waals surface area contributed by atoms with E-state index in [4.69, 9.17) is 11.6 Å². The molecule has 96 valence electrons. The summed E-state index contributed by atoms with van der Waals surface area (Å²) in [7, 11) is 0. The minimum absolute atomic E-state index is 0.0834. The van der Waals surface area contributed by atoms with Gasteiger partial charge in [-0.3, -0.25) is 0 Å². The number of fused-ring (bicyclic) bond motifs is 1. The quantitative estimate of drug-likeness (QED) is 0.695. The van der Waals surface area contributed by atoms with Crippen molar-refractivity contribution in [2.24, 2.45) is 0 Å². The summed E-state index contributed by atoms with van der Waals surface area (Å²) in [6.45, 7) is 1.83. The zero-order chi connectivity index (χ0) is 13.4. The number of nitrogens with one attached hydrogen (secondary N) is 1. The van der Waals surface area contributed by atoms with Gasteiger partial charge in [0.25, 0.3) is 5.78 Å². The number of anilines is 2. The van der Waals surface area contributed by atoms with Crippen LogP contribution >= 0.6 is 11.6 Å². The maximum Gasteiger partial charge on any atom is 0.275 e. The first-order chi connectivity index (χ1) is 9.13.